The maximum atomic E-state index is 12.4. The first kappa shape index (κ1) is 24.6. The molecule has 0 atom stereocenters. The van der Waals surface area contributed by atoms with Crippen LogP contribution in [0.3, 0.4) is 0 Å². The summed E-state index contributed by atoms with van der Waals surface area (Å²) < 4.78 is 9.96. The second kappa shape index (κ2) is 11.1. The smallest absolute Gasteiger partial charge is 0.344 e. The fraction of sp³-hybridized carbons (Fsp3) is 0.190. The van der Waals surface area contributed by atoms with Crippen LogP contribution in [0.25, 0.3) is 6.08 Å². The van der Waals surface area contributed by atoms with Crippen LogP contribution in [0, 0.1) is 38.5 Å². The Kier molecular flexibility index (Phi) is 8.30. The summed E-state index contributed by atoms with van der Waals surface area (Å²) in [5.74, 6) is -1.56. The molecule has 2 rings (SSSR count). The van der Waals surface area contributed by atoms with E-state index in [0.717, 1.165) is 12.1 Å². The van der Waals surface area contributed by atoms with Gasteiger partial charge in [-0.2, -0.15) is 5.26 Å². The zero-order valence-corrected chi connectivity index (χ0v) is 17.6. The summed E-state index contributed by atoms with van der Waals surface area (Å²) in [6.07, 6.45) is 1.33. The highest BCUT2D eigenvalue weighted by molar-refractivity contribution is 6.01. The number of ether oxygens (including phenoxy) is 2. The van der Waals surface area contributed by atoms with Gasteiger partial charge in [0, 0.05) is 25.8 Å². The van der Waals surface area contributed by atoms with Gasteiger partial charge in [0.25, 0.3) is 17.3 Å². The number of hydrogen-bond donors (Lipinski definition) is 1. The van der Waals surface area contributed by atoms with Crippen molar-refractivity contribution in [2.45, 2.75) is 6.92 Å². The zero-order chi connectivity index (χ0) is 24.5. The van der Waals surface area contributed by atoms with Crippen LogP contribution in [0.5, 0.6) is 5.75 Å². The Morgan fingerprint density at radius 1 is 1.12 bits per heavy atom. The highest BCUT2D eigenvalue weighted by Crippen LogP contribution is 2.30. The number of esters is 1. The van der Waals surface area contributed by atoms with Crippen molar-refractivity contribution in [3.05, 3.63) is 78.9 Å². The van der Waals surface area contributed by atoms with Crippen molar-refractivity contribution in [3.8, 4) is 11.8 Å². The largest absolute Gasteiger partial charge is 0.423 e. The first-order chi connectivity index (χ1) is 15.7. The average Bonchev–Trinajstić information content (AvgIpc) is 2.78. The number of nitro benzene ring substituents is 2. The van der Waals surface area contributed by atoms with E-state index in [9.17, 15) is 35.1 Å². The average molecular weight is 454 g/mol. The minimum absolute atomic E-state index is 0.0473. The molecule has 0 spiro atoms. The van der Waals surface area contributed by atoms with Gasteiger partial charge < -0.3 is 14.8 Å². The first-order valence-corrected chi connectivity index (χ1v) is 9.32. The molecular weight excluding hydrogens is 436 g/mol. The summed E-state index contributed by atoms with van der Waals surface area (Å²) in [5.41, 5.74) is -1.38. The maximum absolute atomic E-state index is 12.4. The maximum Gasteiger partial charge on any atom is 0.344 e. The summed E-state index contributed by atoms with van der Waals surface area (Å²) in [6.45, 7) is 1.74. The van der Waals surface area contributed by atoms with E-state index in [1.165, 1.54) is 44.4 Å². The lowest BCUT2D eigenvalue weighted by molar-refractivity contribution is -0.395. The molecule has 2 aromatic carbocycles. The van der Waals surface area contributed by atoms with Crippen molar-refractivity contribution in [2.75, 3.05) is 20.3 Å². The lowest BCUT2D eigenvalue weighted by atomic mass is 10.1. The fourth-order valence-corrected chi connectivity index (χ4v) is 2.66. The lowest BCUT2D eigenvalue weighted by Gasteiger charge is -2.07. The van der Waals surface area contributed by atoms with Crippen LogP contribution in [0.2, 0.25) is 0 Å². The van der Waals surface area contributed by atoms with Gasteiger partial charge in [0.05, 0.1) is 22.0 Å². The number of amides is 1. The quantitative estimate of drug-likeness (QED) is 0.114. The molecule has 0 aromatic heterocycles. The first-order valence-electron chi connectivity index (χ1n) is 9.32. The van der Waals surface area contributed by atoms with Crippen LogP contribution in [-0.2, 0) is 9.53 Å². The molecule has 1 N–H and O–H groups in total. The Balaban J connectivity index is 2.21. The van der Waals surface area contributed by atoms with Crippen molar-refractivity contribution < 1.29 is 28.9 Å². The number of methoxy groups -OCH3 is 1. The lowest BCUT2D eigenvalue weighted by Crippen LogP contribution is -2.27. The molecule has 0 fully saturated rings. The molecule has 12 nitrogen and oxygen atoms in total. The summed E-state index contributed by atoms with van der Waals surface area (Å²) in [4.78, 5) is 45.1. The van der Waals surface area contributed by atoms with Gasteiger partial charge in [-0.1, -0.05) is 12.1 Å². The normalized spacial score (nSPS) is 10.8. The van der Waals surface area contributed by atoms with E-state index in [-0.39, 0.29) is 35.6 Å². The summed E-state index contributed by atoms with van der Waals surface area (Å²) >= 11 is 0. The van der Waals surface area contributed by atoms with Gasteiger partial charge >= 0.3 is 5.97 Å². The number of carbonyl (C=O) groups is 2. The monoisotopic (exact) mass is 454 g/mol. The molecule has 0 heterocycles. The molecule has 0 unspecified atom stereocenters. The van der Waals surface area contributed by atoms with E-state index in [1.807, 2.05) is 0 Å². The number of rotatable bonds is 9. The third-order valence-corrected chi connectivity index (χ3v) is 4.34. The van der Waals surface area contributed by atoms with E-state index in [4.69, 9.17) is 9.47 Å². The standard InChI is InChI=1S/C21H18N4O8/c1-13-18(24(28)29)10-15(11-19(13)25(30)31)21(27)33-17-5-3-14(4-6-17)9-16(12-22)20(26)23-7-8-32-2/h3-6,9-11H,7-8H2,1-2H3,(H,23,26)/b16-9+. The third kappa shape index (κ3) is 6.42. The SMILES string of the molecule is COCCNC(=O)/C(C#N)=C/c1ccc(OC(=O)c2cc([N+](=O)[O-])c(C)c([N+](=O)[O-])c2)cc1. The highest BCUT2D eigenvalue weighted by atomic mass is 16.6. The highest BCUT2D eigenvalue weighted by Gasteiger charge is 2.26. The number of hydrogen-bond acceptors (Lipinski definition) is 9. The van der Waals surface area contributed by atoms with Gasteiger partial charge in [0.15, 0.2) is 0 Å². The molecule has 0 aliphatic carbocycles. The van der Waals surface area contributed by atoms with Crippen LogP contribution in [0.1, 0.15) is 21.5 Å². The molecule has 0 bridgehead atoms. The Morgan fingerprint density at radius 3 is 2.18 bits per heavy atom. The van der Waals surface area contributed by atoms with Crippen LogP contribution < -0.4 is 10.1 Å². The summed E-state index contributed by atoms with van der Waals surface area (Å²) in [7, 11) is 1.48. The van der Waals surface area contributed by atoms with Gasteiger partial charge in [-0.25, -0.2) is 4.79 Å². The van der Waals surface area contributed by atoms with Gasteiger partial charge in [-0.15, -0.1) is 0 Å². The molecule has 0 saturated heterocycles. The molecule has 170 valence electrons. The van der Waals surface area contributed by atoms with Crippen LogP contribution in [-0.4, -0.2) is 42.0 Å². The van der Waals surface area contributed by atoms with Crippen molar-refractivity contribution in [1.82, 2.24) is 5.32 Å². The number of nitrogens with zero attached hydrogens (tertiary/aromatic N) is 3. The Labute approximate surface area is 187 Å². The van der Waals surface area contributed by atoms with Gasteiger partial charge in [0.1, 0.15) is 23.0 Å². The van der Waals surface area contributed by atoms with Crippen LogP contribution in [0.4, 0.5) is 11.4 Å². The minimum Gasteiger partial charge on any atom is -0.423 e. The Bertz CT molecular complexity index is 1130. The molecule has 0 aliphatic rings. The molecule has 2 aromatic rings. The molecule has 0 saturated carbocycles. The van der Waals surface area contributed by atoms with Crippen LogP contribution in [0.15, 0.2) is 42.0 Å². The predicted molar refractivity (Wildman–Crippen MR) is 114 cm³/mol. The van der Waals surface area contributed by atoms with E-state index in [0.29, 0.717) is 5.56 Å². The van der Waals surface area contributed by atoms with E-state index in [2.05, 4.69) is 5.32 Å². The van der Waals surface area contributed by atoms with E-state index >= 15 is 0 Å². The Hall–Kier alpha value is -4.63. The number of benzene rings is 2. The fourth-order valence-electron chi connectivity index (χ4n) is 2.66. The summed E-state index contributed by atoms with van der Waals surface area (Å²) in [6, 6.07) is 9.30. The number of nitro groups is 2. The van der Waals surface area contributed by atoms with Crippen LogP contribution >= 0.6 is 0 Å². The van der Waals surface area contributed by atoms with Crippen molar-refractivity contribution in [3.63, 3.8) is 0 Å². The van der Waals surface area contributed by atoms with Crippen molar-refractivity contribution in [1.29, 1.82) is 5.26 Å². The third-order valence-electron chi connectivity index (χ3n) is 4.34. The molecule has 0 aliphatic heterocycles. The minimum atomic E-state index is -1.03. The number of nitriles is 1. The summed E-state index contributed by atoms with van der Waals surface area (Å²) in [5, 5.41) is 34.0. The second-order valence-corrected chi connectivity index (χ2v) is 6.53. The molecule has 33 heavy (non-hydrogen) atoms. The van der Waals surface area contributed by atoms with Gasteiger partial charge in [-0.05, 0) is 30.7 Å². The number of nitrogens with one attached hydrogen (secondary N) is 1. The topological polar surface area (TPSA) is 175 Å². The Morgan fingerprint density at radius 2 is 1.70 bits per heavy atom. The molecule has 1 amide bonds. The second-order valence-electron chi connectivity index (χ2n) is 6.53. The van der Waals surface area contributed by atoms with E-state index < -0.39 is 33.1 Å². The predicted octanol–water partition coefficient (Wildman–Crippen LogP) is 2.70. The molecule has 0 radical (unpaired) electrons. The van der Waals surface area contributed by atoms with E-state index in [1.54, 1.807) is 6.07 Å². The molecular formula is C21H18N4O8. The molecule has 12 heteroatoms. The zero-order valence-electron chi connectivity index (χ0n) is 17.6. The van der Waals surface area contributed by atoms with Crippen molar-refractivity contribution >= 4 is 29.3 Å². The van der Waals surface area contributed by atoms with Crippen molar-refractivity contribution in [2.24, 2.45) is 0 Å². The van der Waals surface area contributed by atoms with Gasteiger partial charge in [-0.3, -0.25) is 25.0 Å². The number of carbonyl (C=O) groups excluding carboxylic acids is 2. The van der Waals surface area contributed by atoms with Gasteiger partial charge in [0.2, 0.25) is 0 Å².